The average molecular weight is 339 g/mol. The number of rotatable bonds is 2. The number of hydrogen-bond donors (Lipinski definition) is 0. The quantitative estimate of drug-likeness (QED) is 0.674. The predicted molar refractivity (Wildman–Crippen MR) is 95.6 cm³/mol. The lowest BCUT2D eigenvalue weighted by molar-refractivity contribution is -0.493. The molecular weight excluding hydrogens is 320 g/mol. The Kier molecular flexibility index (Phi) is 3.35. The third kappa shape index (κ3) is 2.19. The first-order valence-electron chi connectivity index (χ1n) is 7.98. The first-order chi connectivity index (χ1) is 11.5. The van der Waals surface area contributed by atoms with Crippen LogP contribution in [-0.2, 0) is 16.4 Å². The van der Waals surface area contributed by atoms with Crippen molar-refractivity contribution >= 4 is 27.1 Å². The predicted octanol–water partition coefficient (Wildman–Crippen LogP) is 2.80. The summed E-state index contributed by atoms with van der Waals surface area (Å²) in [6.07, 6.45) is 2.78. The van der Waals surface area contributed by atoms with E-state index in [-0.39, 0.29) is 0 Å². The third-order valence-electron chi connectivity index (χ3n) is 4.59. The van der Waals surface area contributed by atoms with Crippen molar-refractivity contribution in [2.45, 2.75) is 18.2 Å². The highest BCUT2D eigenvalue weighted by atomic mass is 32.2. The molecule has 0 aliphatic carbocycles. The van der Waals surface area contributed by atoms with Gasteiger partial charge in [0.15, 0.2) is 6.21 Å². The number of aromatic nitrogens is 1. The standard InChI is InChI=1S/C19H19N2O2S/c1-14-7-9-15(10-8-14)24(22,23)21-18-6-4-3-5-16(18)17-11-12-20(2)13-19(17)21/h3-10,13H,11-12H2,1-2H3/q+1. The fraction of sp³-hybridized carbons (Fsp3) is 0.211. The Morgan fingerprint density at radius 1 is 1.04 bits per heavy atom. The number of para-hydroxylation sites is 1. The van der Waals surface area contributed by atoms with E-state index >= 15 is 0 Å². The van der Waals surface area contributed by atoms with Gasteiger partial charge in [-0.25, -0.2) is 17.0 Å². The third-order valence-corrected chi connectivity index (χ3v) is 6.33. The zero-order valence-corrected chi connectivity index (χ0v) is 14.5. The van der Waals surface area contributed by atoms with Crippen molar-refractivity contribution in [2.24, 2.45) is 0 Å². The van der Waals surface area contributed by atoms with Gasteiger partial charge in [0.1, 0.15) is 19.3 Å². The number of fused-ring (bicyclic) bond motifs is 3. The van der Waals surface area contributed by atoms with Crippen LogP contribution in [-0.4, -0.2) is 36.8 Å². The molecule has 1 aliphatic heterocycles. The minimum Gasteiger partial charge on any atom is -0.237 e. The van der Waals surface area contributed by atoms with Crippen LogP contribution in [0.25, 0.3) is 10.9 Å². The number of hydrogen-bond acceptors (Lipinski definition) is 2. The van der Waals surface area contributed by atoms with Gasteiger partial charge < -0.3 is 0 Å². The minimum atomic E-state index is -3.65. The van der Waals surface area contributed by atoms with Crippen LogP contribution in [0, 0.1) is 6.92 Å². The molecule has 2 heterocycles. The van der Waals surface area contributed by atoms with Gasteiger partial charge in [-0.15, -0.1) is 0 Å². The van der Waals surface area contributed by atoms with E-state index < -0.39 is 10.0 Å². The van der Waals surface area contributed by atoms with E-state index in [2.05, 4.69) is 0 Å². The number of nitrogens with zero attached hydrogens (tertiary/aromatic N) is 2. The minimum absolute atomic E-state index is 0.318. The SMILES string of the molecule is Cc1ccc(S(=O)(=O)n2c3c(c4ccccc42)CC[N+](C)=C3)cc1. The highest BCUT2D eigenvalue weighted by molar-refractivity contribution is 7.90. The Hall–Kier alpha value is -2.40. The van der Waals surface area contributed by atoms with E-state index in [1.54, 1.807) is 12.1 Å². The maximum absolute atomic E-state index is 13.3. The van der Waals surface area contributed by atoms with Crippen molar-refractivity contribution in [3.63, 3.8) is 0 Å². The van der Waals surface area contributed by atoms with Gasteiger partial charge in [-0.1, -0.05) is 35.9 Å². The molecule has 0 radical (unpaired) electrons. The number of aryl methyl sites for hydroxylation is 1. The van der Waals surface area contributed by atoms with Gasteiger partial charge in [-0.05, 0) is 30.7 Å². The molecule has 1 aromatic heterocycles. The summed E-state index contributed by atoms with van der Waals surface area (Å²) < 4.78 is 30.2. The number of likely N-dealkylation sites (N-methyl/N-ethyl adjacent to an activating group) is 1. The second-order valence-corrected chi connectivity index (χ2v) is 8.11. The molecule has 0 spiro atoms. The van der Waals surface area contributed by atoms with Crippen LogP contribution in [0.5, 0.6) is 0 Å². The molecule has 4 rings (SSSR count). The van der Waals surface area contributed by atoms with Crippen LogP contribution < -0.4 is 0 Å². The van der Waals surface area contributed by atoms with E-state index in [0.717, 1.165) is 40.7 Å². The number of benzene rings is 2. The molecule has 0 saturated carbocycles. The Labute approximate surface area is 141 Å². The maximum atomic E-state index is 13.3. The van der Waals surface area contributed by atoms with Crippen molar-refractivity contribution in [1.29, 1.82) is 0 Å². The normalized spacial score (nSPS) is 14.5. The van der Waals surface area contributed by atoms with Crippen LogP contribution in [0.15, 0.2) is 53.4 Å². The van der Waals surface area contributed by atoms with Gasteiger partial charge in [-0.3, -0.25) is 0 Å². The molecule has 2 aromatic carbocycles. The Bertz CT molecular complexity index is 1070. The van der Waals surface area contributed by atoms with E-state index in [1.165, 1.54) is 3.97 Å². The molecular formula is C19H19N2O2S+. The van der Waals surface area contributed by atoms with Crippen molar-refractivity contribution in [1.82, 2.24) is 3.97 Å². The fourth-order valence-corrected chi connectivity index (χ4v) is 4.85. The second kappa shape index (κ2) is 5.31. The smallest absolute Gasteiger partial charge is 0.237 e. The van der Waals surface area contributed by atoms with Crippen molar-refractivity contribution in [2.75, 3.05) is 13.6 Å². The summed E-state index contributed by atoms with van der Waals surface area (Å²) in [7, 11) is -1.67. The summed E-state index contributed by atoms with van der Waals surface area (Å²) >= 11 is 0. The molecule has 0 unspecified atom stereocenters. The molecule has 122 valence electrons. The van der Waals surface area contributed by atoms with Crippen LogP contribution in [0.4, 0.5) is 0 Å². The summed E-state index contributed by atoms with van der Waals surface area (Å²) in [6.45, 7) is 2.84. The molecule has 24 heavy (non-hydrogen) atoms. The molecule has 1 aliphatic rings. The van der Waals surface area contributed by atoms with Gasteiger partial charge in [0.2, 0.25) is 0 Å². The molecule has 0 amide bonds. The van der Waals surface area contributed by atoms with Gasteiger partial charge in [0.25, 0.3) is 10.0 Å². The molecule has 0 saturated heterocycles. The zero-order valence-electron chi connectivity index (χ0n) is 13.7. The highest BCUT2D eigenvalue weighted by Crippen LogP contribution is 2.31. The topological polar surface area (TPSA) is 42.1 Å². The van der Waals surface area contributed by atoms with Crippen LogP contribution in [0.2, 0.25) is 0 Å². The van der Waals surface area contributed by atoms with Crippen LogP contribution in [0.3, 0.4) is 0 Å². The highest BCUT2D eigenvalue weighted by Gasteiger charge is 2.29. The zero-order chi connectivity index (χ0) is 16.9. The molecule has 0 atom stereocenters. The van der Waals surface area contributed by atoms with Gasteiger partial charge in [0, 0.05) is 11.8 Å². The van der Waals surface area contributed by atoms with Crippen molar-refractivity contribution < 1.29 is 13.0 Å². The summed E-state index contributed by atoms with van der Waals surface area (Å²) in [6, 6.07) is 14.8. The Morgan fingerprint density at radius 3 is 2.50 bits per heavy atom. The largest absolute Gasteiger partial charge is 0.268 e. The van der Waals surface area contributed by atoms with Crippen LogP contribution >= 0.6 is 0 Å². The van der Waals surface area contributed by atoms with Crippen molar-refractivity contribution in [3.8, 4) is 0 Å². The van der Waals surface area contributed by atoms with E-state index in [4.69, 9.17) is 0 Å². The molecule has 0 N–H and O–H groups in total. The molecule has 4 nitrogen and oxygen atoms in total. The monoisotopic (exact) mass is 339 g/mol. The van der Waals surface area contributed by atoms with Gasteiger partial charge in [0.05, 0.1) is 10.4 Å². The Balaban J connectivity index is 2.07. The van der Waals surface area contributed by atoms with E-state index in [0.29, 0.717) is 4.90 Å². The molecule has 5 heteroatoms. The summed E-state index contributed by atoms with van der Waals surface area (Å²) in [5, 5.41) is 1.02. The van der Waals surface area contributed by atoms with E-state index in [1.807, 2.05) is 61.2 Å². The lowest BCUT2D eigenvalue weighted by atomic mass is 10.1. The first kappa shape index (κ1) is 15.1. The Morgan fingerprint density at radius 2 is 1.75 bits per heavy atom. The average Bonchev–Trinajstić information content (AvgIpc) is 2.89. The molecule has 3 aromatic rings. The first-order valence-corrected chi connectivity index (χ1v) is 9.42. The maximum Gasteiger partial charge on any atom is 0.268 e. The fourth-order valence-electron chi connectivity index (χ4n) is 3.33. The van der Waals surface area contributed by atoms with E-state index in [9.17, 15) is 8.42 Å². The summed E-state index contributed by atoms with van der Waals surface area (Å²) in [4.78, 5) is 0.318. The summed E-state index contributed by atoms with van der Waals surface area (Å²) in [5.74, 6) is 0. The van der Waals surface area contributed by atoms with Crippen LogP contribution in [0.1, 0.15) is 16.8 Å². The molecule has 0 fully saturated rings. The second-order valence-electron chi connectivity index (χ2n) is 6.32. The van der Waals surface area contributed by atoms with Gasteiger partial charge in [-0.2, -0.15) is 0 Å². The van der Waals surface area contributed by atoms with Gasteiger partial charge >= 0.3 is 0 Å². The van der Waals surface area contributed by atoms with Crippen molar-refractivity contribution in [3.05, 3.63) is 65.4 Å². The summed E-state index contributed by atoms with van der Waals surface area (Å²) in [5.41, 5.74) is 3.67. The molecule has 0 bridgehead atoms. The lowest BCUT2D eigenvalue weighted by Crippen LogP contribution is -2.23. The lowest BCUT2D eigenvalue weighted by Gasteiger charge is -2.12.